The van der Waals surface area contributed by atoms with Crippen LogP contribution in [-0.4, -0.2) is 111 Å². The molecule has 3 amide bonds. The highest BCUT2D eigenvalue weighted by Gasteiger charge is 2.39. The Bertz CT molecular complexity index is 2400. The molecule has 0 saturated heterocycles. The molecule has 0 aliphatic carbocycles. The second-order valence-corrected chi connectivity index (χ2v) is 20.2. The number of rotatable bonds is 19. The zero-order valence-electron chi connectivity index (χ0n) is 36.3. The third-order valence-electron chi connectivity index (χ3n) is 9.96. The van der Waals surface area contributed by atoms with E-state index in [-0.39, 0.29) is 17.7 Å². The van der Waals surface area contributed by atoms with Crippen molar-refractivity contribution in [3.8, 4) is 5.75 Å². The van der Waals surface area contributed by atoms with E-state index in [0.717, 1.165) is 33.8 Å². The minimum atomic E-state index is -5.04. The number of fused-ring (bicyclic) bond motifs is 1. The molecule has 0 aromatic heterocycles. The van der Waals surface area contributed by atoms with Gasteiger partial charge < -0.3 is 37.0 Å². The second-order valence-electron chi connectivity index (χ2n) is 15.7. The molecular formula is C40H61N6O13S3+. The van der Waals surface area contributed by atoms with E-state index >= 15 is 0 Å². The van der Waals surface area contributed by atoms with Crippen molar-refractivity contribution >= 4 is 59.5 Å². The molecule has 1 heterocycles. The van der Waals surface area contributed by atoms with Crippen LogP contribution < -0.4 is 31.9 Å². The van der Waals surface area contributed by atoms with Crippen LogP contribution in [0.3, 0.4) is 0 Å². The molecular weight excluding hydrogens is 869 g/mol. The van der Waals surface area contributed by atoms with Crippen LogP contribution in [0.5, 0.6) is 5.75 Å². The first-order valence-electron chi connectivity index (χ1n) is 19.5. The van der Waals surface area contributed by atoms with Crippen LogP contribution in [0.25, 0.3) is 0 Å². The fourth-order valence-electron chi connectivity index (χ4n) is 6.74. The molecule has 3 unspecified atom stereocenters. The summed E-state index contributed by atoms with van der Waals surface area (Å²) in [5.41, 5.74) is 11.0. The van der Waals surface area contributed by atoms with Gasteiger partial charge in [-0.1, -0.05) is 71.9 Å². The molecule has 62 heavy (non-hydrogen) atoms. The van der Waals surface area contributed by atoms with E-state index in [1.54, 1.807) is 17.4 Å². The van der Waals surface area contributed by atoms with Crippen molar-refractivity contribution in [2.75, 3.05) is 36.3 Å². The molecule has 2 aromatic carbocycles. The summed E-state index contributed by atoms with van der Waals surface area (Å²) in [4.78, 5) is 40.8. The van der Waals surface area contributed by atoms with Gasteiger partial charge in [0.2, 0.25) is 17.7 Å². The number of aromatic hydroxyl groups is 1. The minimum Gasteiger partial charge on any atom is -0.508 e. The summed E-state index contributed by atoms with van der Waals surface area (Å²) >= 11 is 0. The third kappa shape index (κ3) is 15.6. The normalized spacial score (nSPS) is 16.3. The first-order valence-corrected chi connectivity index (χ1v) is 24.3. The smallest absolute Gasteiger partial charge is 0.267 e. The van der Waals surface area contributed by atoms with E-state index in [2.05, 4.69) is 24.1 Å². The maximum Gasteiger partial charge on any atom is 0.267 e. The monoisotopic (exact) mass is 929 g/mol. The van der Waals surface area contributed by atoms with Crippen LogP contribution in [0.15, 0.2) is 66.4 Å². The molecule has 19 nitrogen and oxygen atoms in total. The molecule has 0 fully saturated rings. The Hall–Kier alpha value is -4.68. The van der Waals surface area contributed by atoms with Crippen LogP contribution >= 0.6 is 0 Å². The van der Waals surface area contributed by atoms with E-state index in [1.165, 1.54) is 0 Å². The summed E-state index contributed by atoms with van der Waals surface area (Å²) in [5.74, 6) is -8.08. The molecule has 3 atom stereocenters. The fourth-order valence-corrected chi connectivity index (χ4v) is 8.65. The van der Waals surface area contributed by atoms with Crippen molar-refractivity contribution in [1.29, 1.82) is 0 Å². The summed E-state index contributed by atoms with van der Waals surface area (Å²) in [6.07, 6.45) is 10.5. The van der Waals surface area contributed by atoms with Gasteiger partial charge in [0.1, 0.15) is 41.1 Å². The molecule has 346 valence electrons. The summed E-state index contributed by atoms with van der Waals surface area (Å²) in [6, 6.07) is 2.90. The second kappa shape index (κ2) is 21.6. The van der Waals surface area contributed by atoms with Crippen LogP contribution in [0.1, 0.15) is 70.2 Å². The van der Waals surface area contributed by atoms with Gasteiger partial charge in [0.25, 0.3) is 30.4 Å². The summed E-state index contributed by atoms with van der Waals surface area (Å²) < 4.78 is 97.0. The van der Waals surface area contributed by atoms with E-state index in [0.29, 0.717) is 12.0 Å². The summed E-state index contributed by atoms with van der Waals surface area (Å²) in [5, 5.41) is 18.4. The Morgan fingerprint density at radius 2 is 1.40 bits per heavy atom. The lowest BCUT2D eigenvalue weighted by molar-refractivity contribution is -0.540. The third-order valence-corrected chi connectivity index (χ3v) is 12.3. The maximum atomic E-state index is 13.3. The van der Waals surface area contributed by atoms with Crippen LogP contribution in [0, 0.1) is 6.92 Å². The number of hydrogen-bond acceptors (Lipinski definition) is 12. The van der Waals surface area contributed by atoms with Crippen molar-refractivity contribution in [2.45, 2.75) is 90.4 Å². The van der Waals surface area contributed by atoms with Crippen molar-refractivity contribution in [1.82, 2.24) is 16.0 Å². The maximum absolute atomic E-state index is 13.3. The minimum absolute atomic E-state index is 0.194. The van der Waals surface area contributed by atoms with Gasteiger partial charge in [-0.3, -0.25) is 28.0 Å². The zero-order valence-corrected chi connectivity index (χ0v) is 38.8. The number of aryl methyl sites for hydroxylation is 1. The molecule has 1 aliphatic rings. The predicted octanol–water partition coefficient (Wildman–Crippen LogP) is 1.22. The number of likely N-dealkylation sites (N-methyl/N-ethyl adjacent to an activating group) is 1. The number of amides is 3. The van der Waals surface area contributed by atoms with Crippen LogP contribution in [0.4, 0.5) is 11.4 Å². The highest BCUT2D eigenvalue weighted by atomic mass is 32.2. The van der Waals surface area contributed by atoms with Crippen molar-refractivity contribution in [3.63, 3.8) is 0 Å². The molecule has 0 radical (unpaired) electrons. The largest absolute Gasteiger partial charge is 0.508 e. The number of nitrogens with two attached hydrogens (primary N) is 2. The molecule has 3 rings (SSSR count). The average Bonchev–Trinajstić information content (AvgIpc) is 3.32. The number of phenolic OH excluding ortho intramolecular Hbond substituents is 1. The Morgan fingerprint density at radius 1 is 0.855 bits per heavy atom. The molecule has 11 N–H and O–H groups in total. The van der Waals surface area contributed by atoms with E-state index in [1.807, 2.05) is 108 Å². The number of allylic oxidation sites excluding steroid dienone is 6. The van der Waals surface area contributed by atoms with Gasteiger partial charge in [0, 0.05) is 42.0 Å². The quantitative estimate of drug-likeness (QED) is 0.0544. The standard InChI is InChI=1S/C38H54N6O13S3.C2H6/c1-23-16-26-31(18-32(23)45)44(7)33(38(26,4)5)12-10-8-9-11-15-37(2,3)25-17-24(13-14-28(25)40-6)19-41-35(47)29(21-59(52,53)54)43-36(48)30(22-60(55,56)57)42-34(46)27(39)20-58(49,50)51;1-2/h8-14,16-18,27,29-30,40,45H,15,19-22,39H2,1-7H3,(H,41,47)(H,42,46)(H,43,48)(H,49,50,51)(H,52,53,54)(H,55,56,57);1-2H3/p+1/b10-8+,11-9+,33-12+;. The molecule has 2 aromatic rings. The number of carbonyl (C=O) groups is 3. The lowest BCUT2D eigenvalue weighted by atomic mass is 9.79. The SMILES string of the molecule is CC.C[NH2+]c1ccc(CNC(=O)C(CS(=O)(=O)O)NC(=O)C(CS(=O)(=O)O)NC(=O)C(N)CS(=O)(=O)O)cc1C(C)(C)C/C=C/C=C/C=C1/N(C)c2cc(O)c(C)cc2C1(C)C. The molecule has 0 bridgehead atoms. The van der Waals surface area contributed by atoms with Gasteiger partial charge >= 0.3 is 0 Å². The number of hydrogen-bond donors (Lipinski definition) is 9. The Balaban J connectivity index is 0.00000651. The van der Waals surface area contributed by atoms with Crippen molar-refractivity contribution < 1.29 is 63.7 Å². The molecule has 0 saturated carbocycles. The Morgan fingerprint density at radius 3 is 1.95 bits per heavy atom. The van der Waals surface area contributed by atoms with Gasteiger partial charge in [-0.2, -0.15) is 25.3 Å². The number of nitrogens with zero attached hydrogens (tertiary/aromatic N) is 1. The Kier molecular flexibility index (Phi) is 18.6. The predicted molar refractivity (Wildman–Crippen MR) is 237 cm³/mol. The van der Waals surface area contributed by atoms with E-state index < -0.39 is 88.9 Å². The van der Waals surface area contributed by atoms with Crippen molar-refractivity contribution in [3.05, 3.63) is 88.7 Å². The highest BCUT2D eigenvalue weighted by Crippen LogP contribution is 2.48. The van der Waals surface area contributed by atoms with Crippen molar-refractivity contribution in [2.24, 2.45) is 5.73 Å². The number of nitrogens with one attached hydrogen (secondary N) is 3. The molecule has 1 aliphatic heterocycles. The molecule has 0 spiro atoms. The number of phenols is 1. The molecule has 22 heteroatoms. The van der Waals surface area contributed by atoms with Gasteiger partial charge in [0.15, 0.2) is 0 Å². The number of benzene rings is 2. The average molecular weight is 930 g/mol. The lowest BCUT2D eigenvalue weighted by Crippen LogP contribution is -2.73. The van der Waals surface area contributed by atoms with Gasteiger partial charge in [-0.15, -0.1) is 0 Å². The highest BCUT2D eigenvalue weighted by molar-refractivity contribution is 7.86. The van der Waals surface area contributed by atoms with Gasteiger partial charge in [-0.05, 0) is 59.7 Å². The first kappa shape index (κ1) is 53.5. The Labute approximate surface area is 364 Å². The lowest BCUT2D eigenvalue weighted by Gasteiger charge is -2.26. The number of quaternary nitrogens is 1. The topological polar surface area (TPSA) is 317 Å². The number of carbonyl (C=O) groups excluding carboxylic acids is 3. The van der Waals surface area contributed by atoms with E-state index in [4.69, 9.17) is 10.3 Å². The van der Waals surface area contributed by atoms with Crippen LogP contribution in [0.2, 0.25) is 0 Å². The van der Waals surface area contributed by atoms with Gasteiger partial charge in [0.05, 0.1) is 12.8 Å². The summed E-state index contributed by atoms with van der Waals surface area (Å²) in [6.45, 7) is 14.0. The zero-order chi connectivity index (χ0) is 47.6. The summed E-state index contributed by atoms with van der Waals surface area (Å²) in [7, 11) is -11.0. The fraction of sp³-hybridized carbons (Fsp3) is 0.475. The number of anilines is 1. The van der Waals surface area contributed by atoms with E-state index in [9.17, 15) is 53.8 Å². The van der Waals surface area contributed by atoms with Crippen LogP contribution in [-0.2, 0) is 62.1 Å². The first-order chi connectivity index (χ1) is 28.5. The van der Waals surface area contributed by atoms with Gasteiger partial charge in [-0.25, -0.2) is 0 Å².